The summed E-state index contributed by atoms with van der Waals surface area (Å²) in [7, 11) is 3.15. The second-order valence-electron chi connectivity index (χ2n) is 5.73. The molecule has 0 heterocycles. The van der Waals surface area contributed by atoms with E-state index in [-0.39, 0.29) is 11.5 Å². The van der Waals surface area contributed by atoms with Crippen LogP contribution in [0.1, 0.15) is 16.7 Å². The van der Waals surface area contributed by atoms with Gasteiger partial charge in [0.25, 0.3) is 0 Å². The summed E-state index contributed by atoms with van der Waals surface area (Å²) in [6.07, 6.45) is -4.36. The van der Waals surface area contributed by atoms with Gasteiger partial charge in [0.05, 0.1) is 12.7 Å². The van der Waals surface area contributed by atoms with Crippen molar-refractivity contribution < 1.29 is 31.4 Å². The minimum Gasteiger partial charge on any atom is -0.493 e. The zero-order chi connectivity index (χ0) is 19.3. The molecule has 0 saturated heterocycles. The Kier molecular flexibility index (Phi) is 6.42. The van der Waals surface area contributed by atoms with E-state index in [4.69, 9.17) is 4.74 Å². The van der Waals surface area contributed by atoms with Crippen molar-refractivity contribution in [2.45, 2.75) is 25.9 Å². The van der Waals surface area contributed by atoms with Crippen LogP contribution in [0.25, 0.3) is 0 Å². The summed E-state index contributed by atoms with van der Waals surface area (Å²) >= 11 is 0. The normalized spacial score (nSPS) is 11.9. The average molecular weight is 375 g/mol. The molecule has 26 heavy (non-hydrogen) atoms. The van der Waals surface area contributed by atoms with Crippen LogP contribution >= 0.6 is 0 Å². The molecule has 2 rings (SSSR count). The molecule has 0 N–H and O–H groups in total. The van der Waals surface area contributed by atoms with Gasteiger partial charge < -0.3 is 9.47 Å². The minimum atomic E-state index is -4.36. The van der Waals surface area contributed by atoms with E-state index in [0.717, 1.165) is 23.3 Å². The fourth-order valence-corrected chi connectivity index (χ4v) is 2.48. The predicted octanol–water partition coefficient (Wildman–Crippen LogP) is 4.95. The van der Waals surface area contributed by atoms with E-state index < -0.39 is 18.4 Å². The number of alkyl halides is 5. The zero-order valence-electron chi connectivity index (χ0n) is 14.2. The van der Waals surface area contributed by atoms with E-state index in [0.29, 0.717) is 13.1 Å². The molecule has 2 aromatic carbocycles. The first-order chi connectivity index (χ1) is 12.2. The van der Waals surface area contributed by atoms with Gasteiger partial charge in [0.1, 0.15) is 0 Å². The molecule has 0 amide bonds. The monoisotopic (exact) mass is 375 g/mol. The summed E-state index contributed by atoms with van der Waals surface area (Å²) in [4.78, 5) is 1.88. The summed E-state index contributed by atoms with van der Waals surface area (Å²) in [5, 5.41) is 0. The van der Waals surface area contributed by atoms with Crippen molar-refractivity contribution in [1.82, 2.24) is 4.90 Å². The third-order valence-electron chi connectivity index (χ3n) is 3.63. The van der Waals surface area contributed by atoms with Crippen LogP contribution in [-0.4, -0.2) is 25.7 Å². The first-order valence-corrected chi connectivity index (χ1v) is 7.65. The molecule has 3 nitrogen and oxygen atoms in total. The quantitative estimate of drug-likeness (QED) is 0.640. The Morgan fingerprint density at radius 2 is 1.50 bits per heavy atom. The Bertz CT molecular complexity index is 717. The Morgan fingerprint density at radius 1 is 0.923 bits per heavy atom. The van der Waals surface area contributed by atoms with Gasteiger partial charge in [-0.3, -0.25) is 4.90 Å². The number of halogens is 5. The summed E-state index contributed by atoms with van der Waals surface area (Å²) in [6, 6.07) is 9.56. The van der Waals surface area contributed by atoms with Gasteiger partial charge in [-0.2, -0.15) is 22.0 Å². The SMILES string of the molecule is COc1cc(CN(C)Cc2ccc(C(F)(F)F)cc2)ccc1OC(F)F. The minimum absolute atomic E-state index is 0.0587. The second kappa shape index (κ2) is 8.35. The number of hydrogen-bond donors (Lipinski definition) is 0. The maximum Gasteiger partial charge on any atom is 0.416 e. The first-order valence-electron chi connectivity index (χ1n) is 7.65. The number of nitrogens with zero attached hydrogens (tertiary/aromatic N) is 1. The molecule has 0 aliphatic heterocycles. The zero-order valence-corrected chi connectivity index (χ0v) is 14.2. The van der Waals surface area contributed by atoms with Crippen LogP contribution in [0.15, 0.2) is 42.5 Å². The van der Waals surface area contributed by atoms with E-state index in [1.54, 1.807) is 19.2 Å². The molecule has 0 aliphatic rings. The second-order valence-corrected chi connectivity index (χ2v) is 5.73. The fraction of sp³-hybridized carbons (Fsp3) is 0.333. The van der Waals surface area contributed by atoms with Crippen LogP contribution in [0.3, 0.4) is 0 Å². The highest BCUT2D eigenvalue weighted by Crippen LogP contribution is 2.31. The van der Waals surface area contributed by atoms with Crippen LogP contribution < -0.4 is 9.47 Å². The van der Waals surface area contributed by atoms with E-state index in [9.17, 15) is 22.0 Å². The summed E-state index contributed by atoms with van der Waals surface area (Å²) < 4.78 is 71.8. The van der Waals surface area contributed by atoms with Crippen LogP contribution in [0.2, 0.25) is 0 Å². The molecular formula is C18H18F5NO2. The molecular weight excluding hydrogens is 357 g/mol. The van der Waals surface area contributed by atoms with E-state index in [1.165, 1.54) is 25.3 Å². The Hall–Kier alpha value is -2.35. The molecule has 0 atom stereocenters. The highest BCUT2D eigenvalue weighted by Gasteiger charge is 2.29. The standard InChI is InChI=1S/C18H18F5NO2/c1-24(10-12-3-6-14(7-4-12)18(21,22)23)11-13-5-8-15(26-17(19)20)16(9-13)25-2/h3-9,17H,10-11H2,1-2H3. The van der Waals surface area contributed by atoms with E-state index in [2.05, 4.69) is 4.74 Å². The van der Waals surface area contributed by atoms with Crippen molar-refractivity contribution in [3.63, 3.8) is 0 Å². The molecule has 0 fully saturated rings. The van der Waals surface area contributed by atoms with Gasteiger partial charge in [0.2, 0.25) is 0 Å². The Labute approximate surface area is 147 Å². The lowest BCUT2D eigenvalue weighted by molar-refractivity contribution is -0.137. The van der Waals surface area contributed by atoms with Gasteiger partial charge in [-0.1, -0.05) is 18.2 Å². The van der Waals surface area contributed by atoms with Crippen molar-refractivity contribution in [2.24, 2.45) is 0 Å². The smallest absolute Gasteiger partial charge is 0.416 e. The molecule has 0 aromatic heterocycles. The average Bonchev–Trinajstić information content (AvgIpc) is 2.55. The molecule has 0 saturated carbocycles. The van der Waals surface area contributed by atoms with Crippen LogP contribution in [-0.2, 0) is 19.3 Å². The van der Waals surface area contributed by atoms with Crippen molar-refractivity contribution in [3.05, 3.63) is 59.2 Å². The number of rotatable bonds is 7. The van der Waals surface area contributed by atoms with Crippen molar-refractivity contribution >= 4 is 0 Å². The molecule has 0 aliphatic carbocycles. The summed E-state index contributed by atoms with van der Waals surface area (Å²) in [6.45, 7) is -2.07. The highest BCUT2D eigenvalue weighted by molar-refractivity contribution is 5.43. The number of hydrogen-bond acceptors (Lipinski definition) is 3. The lowest BCUT2D eigenvalue weighted by Crippen LogP contribution is -2.17. The fourth-order valence-electron chi connectivity index (χ4n) is 2.48. The largest absolute Gasteiger partial charge is 0.493 e. The molecule has 0 spiro atoms. The molecule has 8 heteroatoms. The van der Waals surface area contributed by atoms with Gasteiger partial charge in [-0.15, -0.1) is 0 Å². The van der Waals surface area contributed by atoms with Crippen molar-refractivity contribution in [3.8, 4) is 11.5 Å². The van der Waals surface area contributed by atoms with Crippen molar-refractivity contribution in [2.75, 3.05) is 14.2 Å². The van der Waals surface area contributed by atoms with Crippen LogP contribution in [0.5, 0.6) is 11.5 Å². The number of ether oxygens (including phenoxy) is 2. The van der Waals surface area contributed by atoms with Gasteiger partial charge >= 0.3 is 12.8 Å². The third-order valence-corrected chi connectivity index (χ3v) is 3.63. The highest BCUT2D eigenvalue weighted by atomic mass is 19.4. The Balaban J connectivity index is 2.02. The topological polar surface area (TPSA) is 21.7 Å². The molecule has 0 radical (unpaired) electrons. The first kappa shape index (κ1) is 20.0. The third kappa shape index (κ3) is 5.59. The Morgan fingerprint density at radius 3 is 2.04 bits per heavy atom. The van der Waals surface area contributed by atoms with Gasteiger partial charge in [-0.25, -0.2) is 0 Å². The number of benzene rings is 2. The van der Waals surface area contributed by atoms with Gasteiger partial charge in [-0.05, 0) is 42.4 Å². The lowest BCUT2D eigenvalue weighted by Gasteiger charge is -2.18. The van der Waals surface area contributed by atoms with E-state index >= 15 is 0 Å². The molecule has 142 valence electrons. The predicted molar refractivity (Wildman–Crippen MR) is 86.2 cm³/mol. The van der Waals surface area contributed by atoms with Crippen molar-refractivity contribution in [1.29, 1.82) is 0 Å². The molecule has 0 unspecified atom stereocenters. The lowest BCUT2D eigenvalue weighted by atomic mass is 10.1. The van der Waals surface area contributed by atoms with Gasteiger partial charge in [0, 0.05) is 13.1 Å². The van der Waals surface area contributed by atoms with Crippen LogP contribution in [0, 0.1) is 0 Å². The van der Waals surface area contributed by atoms with Crippen LogP contribution in [0.4, 0.5) is 22.0 Å². The maximum atomic E-state index is 12.6. The molecule has 2 aromatic rings. The summed E-state index contributed by atoms with van der Waals surface area (Å²) in [5.41, 5.74) is 0.825. The number of methoxy groups -OCH3 is 1. The molecule has 0 bridgehead atoms. The van der Waals surface area contributed by atoms with Gasteiger partial charge in [0.15, 0.2) is 11.5 Å². The maximum absolute atomic E-state index is 12.6. The summed E-state index contributed by atoms with van der Waals surface area (Å²) in [5.74, 6) is 0.127. The van der Waals surface area contributed by atoms with E-state index in [1.807, 2.05) is 4.90 Å².